The molecule has 1 atom stereocenters. The molecule has 0 aromatic carbocycles. The second kappa shape index (κ2) is 2.37. The van der Waals surface area contributed by atoms with Crippen molar-refractivity contribution >= 4 is 6.03 Å². The highest BCUT2D eigenvalue weighted by molar-refractivity contribution is 5.75. The standard InChI is InChI=1S/C7H15N3O/c1-7(8)4-5-9(2)6(11)10(7)3/h4-5,8H2,1-3H3. The average Bonchev–Trinajstić information content (AvgIpc) is 1.95. The normalized spacial score (nSPS) is 32.9. The van der Waals surface area contributed by atoms with Gasteiger partial charge in [-0.1, -0.05) is 0 Å². The van der Waals surface area contributed by atoms with E-state index in [1.54, 1.807) is 23.9 Å². The van der Waals surface area contributed by atoms with Crippen LogP contribution in [-0.2, 0) is 0 Å². The Hall–Kier alpha value is -0.770. The molecule has 0 radical (unpaired) electrons. The van der Waals surface area contributed by atoms with Gasteiger partial charge in [0.25, 0.3) is 0 Å². The van der Waals surface area contributed by atoms with Crippen molar-refractivity contribution in [1.29, 1.82) is 0 Å². The van der Waals surface area contributed by atoms with E-state index in [-0.39, 0.29) is 6.03 Å². The smallest absolute Gasteiger partial charge is 0.320 e. The summed E-state index contributed by atoms with van der Waals surface area (Å²) in [7, 11) is 3.52. The summed E-state index contributed by atoms with van der Waals surface area (Å²) in [5.41, 5.74) is 5.38. The van der Waals surface area contributed by atoms with Crippen molar-refractivity contribution in [2.24, 2.45) is 5.73 Å². The Labute approximate surface area is 66.9 Å². The van der Waals surface area contributed by atoms with Crippen LogP contribution in [0.3, 0.4) is 0 Å². The number of nitrogens with zero attached hydrogens (tertiary/aromatic N) is 2. The van der Waals surface area contributed by atoms with Crippen LogP contribution >= 0.6 is 0 Å². The van der Waals surface area contributed by atoms with Gasteiger partial charge >= 0.3 is 6.03 Å². The fourth-order valence-corrected chi connectivity index (χ4v) is 1.13. The first-order valence-corrected chi connectivity index (χ1v) is 3.73. The first-order valence-electron chi connectivity index (χ1n) is 3.73. The SMILES string of the molecule is CN1CCC(C)(N)N(C)C1=O. The summed E-state index contributed by atoms with van der Waals surface area (Å²) in [6, 6.07) is 0.00116. The van der Waals surface area contributed by atoms with Gasteiger partial charge in [0.15, 0.2) is 0 Å². The summed E-state index contributed by atoms with van der Waals surface area (Å²) in [6.07, 6.45) is 0.825. The minimum absolute atomic E-state index is 0.00116. The highest BCUT2D eigenvalue weighted by atomic mass is 16.2. The molecule has 4 nitrogen and oxygen atoms in total. The number of carbonyl (C=O) groups excluding carboxylic acids is 1. The molecule has 0 aromatic rings. The maximum atomic E-state index is 11.3. The van der Waals surface area contributed by atoms with Gasteiger partial charge in [-0.2, -0.15) is 0 Å². The summed E-state index contributed by atoms with van der Waals surface area (Å²) in [6.45, 7) is 2.62. The average molecular weight is 157 g/mol. The molecular weight excluding hydrogens is 142 g/mol. The Morgan fingerprint density at radius 2 is 2.09 bits per heavy atom. The zero-order valence-corrected chi connectivity index (χ0v) is 7.29. The van der Waals surface area contributed by atoms with Gasteiger partial charge in [-0.15, -0.1) is 0 Å². The first kappa shape index (κ1) is 8.33. The van der Waals surface area contributed by atoms with E-state index in [1.165, 1.54) is 0 Å². The fraction of sp³-hybridized carbons (Fsp3) is 0.857. The van der Waals surface area contributed by atoms with Crippen molar-refractivity contribution in [3.8, 4) is 0 Å². The van der Waals surface area contributed by atoms with Crippen LogP contribution in [0.2, 0.25) is 0 Å². The number of hydrogen-bond donors (Lipinski definition) is 1. The molecule has 11 heavy (non-hydrogen) atoms. The maximum absolute atomic E-state index is 11.3. The largest absolute Gasteiger partial charge is 0.328 e. The van der Waals surface area contributed by atoms with E-state index in [0.717, 1.165) is 13.0 Å². The van der Waals surface area contributed by atoms with Gasteiger partial charge in [0, 0.05) is 27.1 Å². The second-order valence-corrected chi connectivity index (χ2v) is 3.37. The number of hydrogen-bond acceptors (Lipinski definition) is 2. The Balaban J connectivity index is 2.75. The molecule has 2 N–H and O–H groups in total. The van der Waals surface area contributed by atoms with Crippen molar-refractivity contribution in [2.75, 3.05) is 20.6 Å². The molecule has 0 aromatic heterocycles. The molecule has 1 unspecified atom stereocenters. The van der Waals surface area contributed by atoms with Crippen molar-refractivity contribution in [3.05, 3.63) is 0 Å². The van der Waals surface area contributed by atoms with Crippen molar-refractivity contribution in [2.45, 2.75) is 19.0 Å². The van der Waals surface area contributed by atoms with Gasteiger partial charge in [0.1, 0.15) is 0 Å². The first-order chi connectivity index (χ1) is 4.95. The minimum Gasteiger partial charge on any atom is -0.328 e. The van der Waals surface area contributed by atoms with Crippen LogP contribution in [0.15, 0.2) is 0 Å². The third kappa shape index (κ3) is 1.30. The Bertz CT molecular complexity index is 179. The molecule has 1 rings (SSSR count). The maximum Gasteiger partial charge on any atom is 0.320 e. The molecule has 2 amide bonds. The molecule has 0 aliphatic carbocycles. The summed E-state index contributed by atoms with van der Waals surface area (Å²) >= 11 is 0. The van der Waals surface area contributed by atoms with Gasteiger partial charge in [0.05, 0.1) is 5.66 Å². The lowest BCUT2D eigenvalue weighted by Gasteiger charge is -2.43. The van der Waals surface area contributed by atoms with Crippen LogP contribution in [0.4, 0.5) is 4.79 Å². The summed E-state index contributed by atoms with van der Waals surface area (Å²) in [5.74, 6) is 0. The van der Waals surface area contributed by atoms with E-state index >= 15 is 0 Å². The van der Waals surface area contributed by atoms with E-state index in [1.807, 2.05) is 6.92 Å². The fourth-order valence-electron chi connectivity index (χ4n) is 1.13. The van der Waals surface area contributed by atoms with Gasteiger partial charge in [-0.25, -0.2) is 4.79 Å². The monoisotopic (exact) mass is 157 g/mol. The molecule has 1 heterocycles. The molecule has 1 fully saturated rings. The lowest BCUT2D eigenvalue weighted by atomic mass is 10.1. The zero-order valence-electron chi connectivity index (χ0n) is 7.29. The molecule has 1 aliphatic rings. The highest BCUT2D eigenvalue weighted by Crippen LogP contribution is 2.18. The number of urea groups is 1. The molecule has 0 spiro atoms. The topological polar surface area (TPSA) is 49.6 Å². The van der Waals surface area contributed by atoms with Gasteiger partial charge < -0.3 is 15.5 Å². The quantitative estimate of drug-likeness (QED) is 0.540. The molecule has 64 valence electrons. The summed E-state index contributed by atoms with van der Waals surface area (Å²) < 4.78 is 0. The van der Waals surface area contributed by atoms with E-state index in [4.69, 9.17) is 5.73 Å². The van der Waals surface area contributed by atoms with Crippen molar-refractivity contribution in [1.82, 2.24) is 9.80 Å². The molecule has 0 saturated carbocycles. The van der Waals surface area contributed by atoms with Crippen LogP contribution in [-0.4, -0.2) is 42.1 Å². The Morgan fingerprint density at radius 3 is 2.55 bits per heavy atom. The number of rotatable bonds is 0. The molecule has 1 aliphatic heterocycles. The minimum atomic E-state index is -0.469. The van der Waals surface area contributed by atoms with Crippen LogP contribution < -0.4 is 5.73 Å². The molecular formula is C7H15N3O. The van der Waals surface area contributed by atoms with Gasteiger partial charge in [-0.05, 0) is 6.92 Å². The van der Waals surface area contributed by atoms with E-state index in [9.17, 15) is 4.79 Å². The molecule has 0 bridgehead atoms. The number of nitrogens with two attached hydrogens (primary N) is 1. The second-order valence-electron chi connectivity index (χ2n) is 3.37. The van der Waals surface area contributed by atoms with Crippen LogP contribution in [0, 0.1) is 0 Å². The summed E-state index contributed by atoms with van der Waals surface area (Å²) in [5, 5.41) is 0. The van der Waals surface area contributed by atoms with Crippen LogP contribution in [0.25, 0.3) is 0 Å². The van der Waals surface area contributed by atoms with E-state index in [2.05, 4.69) is 0 Å². The number of carbonyl (C=O) groups is 1. The third-order valence-electron chi connectivity index (χ3n) is 2.33. The van der Waals surface area contributed by atoms with Crippen LogP contribution in [0.5, 0.6) is 0 Å². The highest BCUT2D eigenvalue weighted by Gasteiger charge is 2.34. The predicted molar refractivity (Wildman–Crippen MR) is 43.0 cm³/mol. The number of amides is 2. The third-order valence-corrected chi connectivity index (χ3v) is 2.33. The van der Waals surface area contributed by atoms with Crippen molar-refractivity contribution < 1.29 is 4.79 Å². The van der Waals surface area contributed by atoms with Gasteiger partial charge in [0.2, 0.25) is 0 Å². The van der Waals surface area contributed by atoms with Crippen molar-refractivity contribution in [3.63, 3.8) is 0 Å². The summed E-state index contributed by atoms with van der Waals surface area (Å²) in [4.78, 5) is 14.6. The molecule has 1 saturated heterocycles. The Morgan fingerprint density at radius 1 is 1.55 bits per heavy atom. The van der Waals surface area contributed by atoms with Crippen LogP contribution in [0.1, 0.15) is 13.3 Å². The Kier molecular flexibility index (Phi) is 1.80. The van der Waals surface area contributed by atoms with Gasteiger partial charge in [-0.3, -0.25) is 0 Å². The van der Waals surface area contributed by atoms with E-state index in [0.29, 0.717) is 0 Å². The predicted octanol–water partition coefficient (Wildman–Crippen LogP) is 0.0486. The molecule has 4 heteroatoms. The lowest BCUT2D eigenvalue weighted by Crippen LogP contribution is -2.62. The lowest BCUT2D eigenvalue weighted by molar-refractivity contribution is 0.0792. The zero-order chi connectivity index (χ0) is 8.65. The van der Waals surface area contributed by atoms with E-state index < -0.39 is 5.66 Å².